The fourth-order valence-electron chi connectivity index (χ4n) is 1.73. The van der Waals surface area contributed by atoms with Crippen molar-refractivity contribution in [3.63, 3.8) is 0 Å². The van der Waals surface area contributed by atoms with Gasteiger partial charge in [-0.25, -0.2) is 4.79 Å². The van der Waals surface area contributed by atoms with E-state index in [1.807, 2.05) is 46.8 Å². The van der Waals surface area contributed by atoms with E-state index in [-0.39, 0.29) is 0 Å². The molecule has 5 nitrogen and oxygen atoms in total. The summed E-state index contributed by atoms with van der Waals surface area (Å²) in [6, 6.07) is 5.38. The lowest BCUT2D eigenvalue weighted by molar-refractivity contribution is 0.0635. The summed E-state index contributed by atoms with van der Waals surface area (Å²) in [5.41, 5.74) is 6.38. The second-order valence-corrected chi connectivity index (χ2v) is 6.26. The summed E-state index contributed by atoms with van der Waals surface area (Å²) in [6.07, 6.45) is -0.517. The molecule has 0 spiro atoms. The van der Waals surface area contributed by atoms with Crippen molar-refractivity contribution in [1.29, 1.82) is 0 Å². The molecule has 112 valence electrons. The minimum absolute atomic E-state index is 0.517. The van der Waals surface area contributed by atoms with Crippen molar-refractivity contribution in [1.82, 2.24) is 0 Å². The minimum Gasteiger partial charge on any atom is -0.497 e. The second-order valence-electron chi connectivity index (χ2n) is 6.26. The van der Waals surface area contributed by atoms with Crippen LogP contribution in [-0.2, 0) is 10.3 Å². The van der Waals surface area contributed by atoms with E-state index in [2.05, 4.69) is 5.32 Å². The van der Waals surface area contributed by atoms with Crippen molar-refractivity contribution < 1.29 is 14.3 Å². The zero-order chi connectivity index (χ0) is 15.6. The minimum atomic E-state index is -0.587. The van der Waals surface area contributed by atoms with Gasteiger partial charge in [-0.05, 0) is 46.2 Å². The third kappa shape index (κ3) is 4.74. The largest absolute Gasteiger partial charge is 0.497 e. The Bertz CT molecular complexity index is 485. The number of carbonyl (C=O) groups excluding carboxylic acids is 1. The van der Waals surface area contributed by atoms with Gasteiger partial charge in [-0.15, -0.1) is 0 Å². The molecule has 0 bridgehead atoms. The van der Waals surface area contributed by atoms with Crippen LogP contribution in [0.2, 0.25) is 0 Å². The van der Waals surface area contributed by atoms with Gasteiger partial charge in [-0.3, -0.25) is 5.32 Å². The van der Waals surface area contributed by atoms with Crippen LogP contribution >= 0.6 is 0 Å². The van der Waals surface area contributed by atoms with Crippen LogP contribution in [-0.4, -0.2) is 18.8 Å². The summed E-state index contributed by atoms with van der Waals surface area (Å²) in [5, 5.41) is 2.73. The normalized spacial score (nSPS) is 11.9. The Balaban J connectivity index is 3.05. The Morgan fingerprint density at radius 2 is 1.80 bits per heavy atom. The van der Waals surface area contributed by atoms with Crippen LogP contribution in [0.5, 0.6) is 5.75 Å². The van der Waals surface area contributed by atoms with E-state index in [4.69, 9.17) is 15.2 Å². The van der Waals surface area contributed by atoms with Gasteiger partial charge in [0.05, 0.1) is 12.8 Å². The van der Waals surface area contributed by atoms with Gasteiger partial charge in [0.1, 0.15) is 11.4 Å². The SMILES string of the molecule is COc1ccc(C(C)(C)N)c(NC(=O)OC(C)(C)C)c1. The lowest BCUT2D eigenvalue weighted by Crippen LogP contribution is -2.32. The Morgan fingerprint density at radius 3 is 2.25 bits per heavy atom. The van der Waals surface area contributed by atoms with E-state index >= 15 is 0 Å². The number of nitrogens with one attached hydrogen (secondary N) is 1. The molecule has 0 aliphatic rings. The summed E-state index contributed by atoms with van der Waals surface area (Å²) in [7, 11) is 1.57. The van der Waals surface area contributed by atoms with Gasteiger partial charge >= 0.3 is 6.09 Å². The van der Waals surface area contributed by atoms with E-state index in [1.54, 1.807) is 13.2 Å². The van der Waals surface area contributed by atoms with Crippen LogP contribution in [0, 0.1) is 0 Å². The fourth-order valence-corrected chi connectivity index (χ4v) is 1.73. The zero-order valence-corrected chi connectivity index (χ0v) is 13.0. The molecule has 1 aromatic rings. The first-order chi connectivity index (χ1) is 9.03. The van der Waals surface area contributed by atoms with Crippen LogP contribution in [0.15, 0.2) is 18.2 Å². The van der Waals surface area contributed by atoms with Crippen molar-refractivity contribution >= 4 is 11.8 Å². The first-order valence-corrected chi connectivity index (χ1v) is 6.50. The molecular formula is C15H24N2O3. The van der Waals surface area contributed by atoms with E-state index in [1.165, 1.54) is 0 Å². The molecule has 0 unspecified atom stereocenters. The molecule has 3 N–H and O–H groups in total. The highest BCUT2D eigenvalue weighted by Gasteiger charge is 2.22. The van der Waals surface area contributed by atoms with Crippen LogP contribution in [0.3, 0.4) is 0 Å². The zero-order valence-electron chi connectivity index (χ0n) is 13.0. The quantitative estimate of drug-likeness (QED) is 0.891. The number of ether oxygens (including phenoxy) is 2. The maximum Gasteiger partial charge on any atom is 0.412 e. The summed E-state index contributed by atoms with van der Waals surface area (Å²) in [4.78, 5) is 11.9. The summed E-state index contributed by atoms with van der Waals surface area (Å²) < 4.78 is 10.4. The van der Waals surface area contributed by atoms with Crippen molar-refractivity contribution in [2.24, 2.45) is 5.73 Å². The summed E-state index contributed by atoms with van der Waals surface area (Å²) >= 11 is 0. The number of hydrogen-bond donors (Lipinski definition) is 2. The Hall–Kier alpha value is -1.75. The number of amides is 1. The molecule has 0 atom stereocenters. The van der Waals surface area contributed by atoms with Gasteiger partial charge < -0.3 is 15.2 Å². The number of benzene rings is 1. The fraction of sp³-hybridized carbons (Fsp3) is 0.533. The van der Waals surface area contributed by atoms with Crippen LogP contribution in [0.1, 0.15) is 40.2 Å². The molecule has 20 heavy (non-hydrogen) atoms. The van der Waals surface area contributed by atoms with Gasteiger partial charge in [0.25, 0.3) is 0 Å². The average molecular weight is 280 g/mol. The summed E-state index contributed by atoms with van der Waals surface area (Å²) in [6.45, 7) is 9.17. The predicted molar refractivity (Wildman–Crippen MR) is 80.1 cm³/mol. The van der Waals surface area contributed by atoms with E-state index in [0.29, 0.717) is 11.4 Å². The number of nitrogens with two attached hydrogens (primary N) is 1. The Labute approximate surface area is 120 Å². The first kappa shape index (κ1) is 16.3. The van der Waals surface area contributed by atoms with E-state index < -0.39 is 17.2 Å². The number of hydrogen-bond acceptors (Lipinski definition) is 4. The highest BCUT2D eigenvalue weighted by atomic mass is 16.6. The van der Waals surface area contributed by atoms with E-state index in [0.717, 1.165) is 5.56 Å². The van der Waals surface area contributed by atoms with Crippen molar-refractivity contribution in [3.05, 3.63) is 23.8 Å². The number of anilines is 1. The lowest BCUT2D eigenvalue weighted by atomic mass is 9.93. The molecule has 0 heterocycles. The number of carbonyl (C=O) groups is 1. The standard InChI is InChI=1S/C15H24N2O3/c1-14(2,3)20-13(18)17-12-9-10(19-6)7-8-11(12)15(4,5)16/h7-9H,16H2,1-6H3,(H,17,18). The molecule has 0 fully saturated rings. The Kier molecular flexibility index (Phi) is 4.65. The van der Waals surface area contributed by atoms with Gasteiger partial charge in [0, 0.05) is 11.6 Å². The van der Waals surface area contributed by atoms with Gasteiger partial charge in [-0.2, -0.15) is 0 Å². The smallest absolute Gasteiger partial charge is 0.412 e. The van der Waals surface area contributed by atoms with E-state index in [9.17, 15) is 4.79 Å². The van der Waals surface area contributed by atoms with Gasteiger partial charge in [-0.1, -0.05) is 6.07 Å². The van der Waals surface area contributed by atoms with Gasteiger partial charge in [0.2, 0.25) is 0 Å². The highest BCUT2D eigenvalue weighted by molar-refractivity contribution is 5.86. The predicted octanol–water partition coefficient (Wildman–Crippen LogP) is 3.24. The molecule has 0 saturated carbocycles. The maximum absolute atomic E-state index is 11.9. The van der Waals surface area contributed by atoms with Crippen LogP contribution in [0.25, 0.3) is 0 Å². The topological polar surface area (TPSA) is 73.6 Å². The third-order valence-corrected chi connectivity index (χ3v) is 2.56. The monoisotopic (exact) mass is 280 g/mol. The lowest BCUT2D eigenvalue weighted by Gasteiger charge is -2.25. The van der Waals surface area contributed by atoms with Crippen LogP contribution < -0.4 is 15.8 Å². The molecule has 1 rings (SSSR count). The average Bonchev–Trinajstić information content (AvgIpc) is 2.24. The van der Waals surface area contributed by atoms with Crippen LogP contribution in [0.4, 0.5) is 10.5 Å². The molecule has 1 aromatic carbocycles. The first-order valence-electron chi connectivity index (χ1n) is 6.50. The molecule has 1 amide bonds. The number of methoxy groups -OCH3 is 1. The summed E-state index contributed by atoms with van der Waals surface area (Å²) in [5.74, 6) is 0.643. The molecule has 0 aliphatic heterocycles. The molecule has 0 aromatic heterocycles. The van der Waals surface area contributed by atoms with Crippen molar-refractivity contribution in [2.75, 3.05) is 12.4 Å². The number of rotatable bonds is 3. The van der Waals surface area contributed by atoms with Crippen molar-refractivity contribution in [3.8, 4) is 5.75 Å². The third-order valence-electron chi connectivity index (χ3n) is 2.56. The second kappa shape index (κ2) is 5.71. The van der Waals surface area contributed by atoms with Gasteiger partial charge in [0.15, 0.2) is 0 Å². The highest BCUT2D eigenvalue weighted by Crippen LogP contribution is 2.30. The Morgan fingerprint density at radius 1 is 1.20 bits per heavy atom. The maximum atomic E-state index is 11.9. The molecule has 0 saturated heterocycles. The molecule has 5 heteroatoms. The molecular weight excluding hydrogens is 256 g/mol. The van der Waals surface area contributed by atoms with Crippen molar-refractivity contribution in [2.45, 2.75) is 45.8 Å². The molecule has 0 aliphatic carbocycles. The molecule has 0 radical (unpaired) electrons.